The molecular formula is C18H15F2NO2. The summed E-state index contributed by atoms with van der Waals surface area (Å²) in [4.78, 5) is 11.8. The average Bonchev–Trinajstić information content (AvgIpc) is 2.50. The highest BCUT2D eigenvalue weighted by molar-refractivity contribution is 5.84. The average molecular weight is 315 g/mol. The Hall–Kier alpha value is -2.69. The number of benzene rings is 2. The summed E-state index contributed by atoms with van der Waals surface area (Å²) in [5.74, 6) is -1.35. The molecule has 0 spiro atoms. The van der Waals surface area contributed by atoms with Crippen LogP contribution < -0.4 is 10.9 Å². The molecule has 2 aromatic carbocycles. The Kier molecular flexibility index (Phi) is 3.86. The molecule has 3 aromatic rings. The number of nitrogens with one attached hydrogen (secondary N) is 1. The van der Waals surface area contributed by atoms with E-state index >= 15 is 0 Å². The van der Waals surface area contributed by atoms with Gasteiger partial charge in [-0.05, 0) is 42.7 Å². The normalized spacial score (nSPS) is 11.0. The van der Waals surface area contributed by atoms with Gasteiger partial charge in [-0.25, -0.2) is 13.6 Å². The number of hydrogen-bond donors (Lipinski definition) is 1. The number of fused-ring (bicyclic) bond motifs is 1. The molecule has 0 unspecified atom stereocenters. The van der Waals surface area contributed by atoms with Gasteiger partial charge in [0.05, 0.1) is 0 Å². The van der Waals surface area contributed by atoms with Crippen LogP contribution in [0, 0.1) is 25.5 Å². The highest BCUT2D eigenvalue weighted by Gasteiger charge is 2.12. The molecule has 3 rings (SSSR count). The number of anilines is 1. The first kappa shape index (κ1) is 15.2. The molecule has 0 radical (unpaired) electrons. The summed E-state index contributed by atoms with van der Waals surface area (Å²) in [6, 6.07) is 8.75. The van der Waals surface area contributed by atoms with Crippen molar-refractivity contribution in [3.63, 3.8) is 0 Å². The van der Waals surface area contributed by atoms with Gasteiger partial charge in [-0.15, -0.1) is 0 Å². The molecule has 1 heterocycles. The fraction of sp³-hybridized carbons (Fsp3) is 0.167. The topological polar surface area (TPSA) is 42.2 Å². The SMILES string of the molecule is Cc1ccc2c(CNc3c(F)cccc3F)cc(=O)oc2c1C. The second-order valence-electron chi connectivity index (χ2n) is 5.43. The van der Waals surface area contributed by atoms with Crippen LogP contribution in [0.4, 0.5) is 14.5 Å². The van der Waals surface area contributed by atoms with Gasteiger partial charge in [-0.3, -0.25) is 0 Å². The lowest BCUT2D eigenvalue weighted by Crippen LogP contribution is -2.08. The molecule has 0 aliphatic heterocycles. The van der Waals surface area contributed by atoms with Crippen LogP contribution in [0.25, 0.3) is 11.0 Å². The first-order chi connectivity index (χ1) is 11.0. The lowest BCUT2D eigenvalue weighted by atomic mass is 10.0. The Balaban J connectivity index is 2.04. The van der Waals surface area contributed by atoms with Gasteiger partial charge in [-0.1, -0.05) is 18.2 Å². The van der Waals surface area contributed by atoms with E-state index in [9.17, 15) is 13.6 Å². The van der Waals surface area contributed by atoms with Crippen molar-refractivity contribution in [3.8, 4) is 0 Å². The minimum atomic E-state index is -0.677. The standard InChI is InChI=1S/C18H15F2NO2/c1-10-6-7-13-12(8-16(22)23-18(13)11(10)2)9-21-17-14(19)4-3-5-15(17)20/h3-8,21H,9H2,1-2H3. The quantitative estimate of drug-likeness (QED) is 0.733. The van der Waals surface area contributed by atoms with E-state index in [1.807, 2.05) is 26.0 Å². The van der Waals surface area contributed by atoms with Crippen LogP contribution in [0.5, 0.6) is 0 Å². The molecule has 0 aliphatic rings. The second-order valence-corrected chi connectivity index (χ2v) is 5.43. The Morgan fingerprint density at radius 1 is 1.09 bits per heavy atom. The molecular weight excluding hydrogens is 300 g/mol. The van der Waals surface area contributed by atoms with Crippen molar-refractivity contribution in [3.05, 3.63) is 75.1 Å². The maximum Gasteiger partial charge on any atom is 0.336 e. The highest BCUT2D eigenvalue weighted by atomic mass is 19.1. The molecule has 0 saturated carbocycles. The highest BCUT2D eigenvalue weighted by Crippen LogP contribution is 2.25. The fourth-order valence-corrected chi connectivity index (χ4v) is 2.52. The van der Waals surface area contributed by atoms with Crippen molar-refractivity contribution in [2.45, 2.75) is 20.4 Å². The van der Waals surface area contributed by atoms with Crippen molar-refractivity contribution in [2.75, 3.05) is 5.32 Å². The lowest BCUT2D eigenvalue weighted by Gasteiger charge is -2.11. The van der Waals surface area contributed by atoms with Gasteiger partial charge in [-0.2, -0.15) is 0 Å². The van der Waals surface area contributed by atoms with Crippen LogP contribution in [0.15, 0.2) is 45.6 Å². The first-order valence-electron chi connectivity index (χ1n) is 7.18. The number of rotatable bonds is 3. The van der Waals surface area contributed by atoms with E-state index in [1.54, 1.807) is 0 Å². The molecule has 23 heavy (non-hydrogen) atoms. The summed E-state index contributed by atoms with van der Waals surface area (Å²) in [5.41, 5.74) is 2.31. The van der Waals surface area contributed by atoms with Gasteiger partial charge in [0.1, 0.15) is 22.9 Å². The van der Waals surface area contributed by atoms with Gasteiger partial charge >= 0.3 is 5.63 Å². The third kappa shape index (κ3) is 2.82. The van der Waals surface area contributed by atoms with Gasteiger partial charge in [0.25, 0.3) is 0 Å². The predicted molar refractivity (Wildman–Crippen MR) is 85.6 cm³/mol. The third-order valence-corrected chi connectivity index (χ3v) is 3.94. The van der Waals surface area contributed by atoms with Crippen LogP contribution in [-0.2, 0) is 6.54 Å². The Morgan fingerprint density at radius 2 is 1.78 bits per heavy atom. The minimum absolute atomic E-state index is 0.114. The lowest BCUT2D eigenvalue weighted by molar-refractivity contribution is 0.556. The summed E-state index contributed by atoms with van der Waals surface area (Å²) < 4.78 is 32.6. The van der Waals surface area contributed by atoms with Crippen LogP contribution in [-0.4, -0.2) is 0 Å². The molecule has 1 N–H and O–H groups in total. The maximum atomic E-state index is 13.7. The number of para-hydroxylation sites is 1. The third-order valence-electron chi connectivity index (χ3n) is 3.94. The largest absolute Gasteiger partial charge is 0.422 e. The van der Waals surface area contributed by atoms with Crippen molar-refractivity contribution >= 4 is 16.7 Å². The zero-order valence-electron chi connectivity index (χ0n) is 12.7. The van der Waals surface area contributed by atoms with Gasteiger partial charge in [0.15, 0.2) is 0 Å². The molecule has 0 fully saturated rings. The maximum absolute atomic E-state index is 13.7. The Morgan fingerprint density at radius 3 is 2.48 bits per heavy atom. The van der Waals surface area contributed by atoms with E-state index in [2.05, 4.69) is 5.32 Å². The van der Waals surface area contributed by atoms with Gasteiger partial charge < -0.3 is 9.73 Å². The summed E-state index contributed by atoms with van der Waals surface area (Å²) in [6.45, 7) is 3.91. The van der Waals surface area contributed by atoms with E-state index in [0.29, 0.717) is 11.1 Å². The molecule has 0 aliphatic carbocycles. The van der Waals surface area contributed by atoms with Crippen LogP contribution >= 0.6 is 0 Å². The first-order valence-corrected chi connectivity index (χ1v) is 7.18. The Bertz CT molecular complexity index is 927. The molecule has 5 heteroatoms. The summed E-state index contributed by atoms with van der Waals surface area (Å²) in [6.07, 6.45) is 0. The second kappa shape index (κ2) is 5.83. The van der Waals surface area contributed by atoms with E-state index in [4.69, 9.17) is 4.42 Å². The molecule has 0 amide bonds. The van der Waals surface area contributed by atoms with Crippen LogP contribution in [0.3, 0.4) is 0 Å². The summed E-state index contributed by atoms with van der Waals surface area (Å²) in [7, 11) is 0. The van der Waals surface area contributed by atoms with Crippen LogP contribution in [0.1, 0.15) is 16.7 Å². The monoisotopic (exact) mass is 315 g/mol. The molecule has 3 nitrogen and oxygen atoms in total. The molecule has 0 atom stereocenters. The molecule has 0 bridgehead atoms. The van der Waals surface area contributed by atoms with Gasteiger partial charge in [0, 0.05) is 18.0 Å². The van der Waals surface area contributed by atoms with Crippen LogP contribution in [0.2, 0.25) is 0 Å². The molecule has 0 saturated heterocycles. The number of aryl methyl sites for hydroxylation is 2. The zero-order chi connectivity index (χ0) is 16.6. The number of hydrogen-bond acceptors (Lipinski definition) is 3. The van der Waals surface area contributed by atoms with E-state index in [1.165, 1.54) is 24.3 Å². The van der Waals surface area contributed by atoms with Gasteiger partial charge in [0.2, 0.25) is 0 Å². The van der Waals surface area contributed by atoms with Crippen molar-refractivity contribution in [1.82, 2.24) is 0 Å². The molecule has 118 valence electrons. The number of halogens is 2. The van der Waals surface area contributed by atoms with E-state index in [0.717, 1.165) is 16.5 Å². The van der Waals surface area contributed by atoms with Crippen molar-refractivity contribution < 1.29 is 13.2 Å². The summed E-state index contributed by atoms with van der Waals surface area (Å²) in [5, 5.41) is 3.47. The van der Waals surface area contributed by atoms with E-state index < -0.39 is 17.3 Å². The smallest absolute Gasteiger partial charge is 0.336 e. The zero-order valence-corrected chi connectivity index (χ0v) is 12.7. The van der Waals surface area contributed by atoms with E-state index in [-0.39, 0.29) is 12.2 Å². The summed E-state index contributed by atoms with van der Waals surface area (Å²) >= 11 is 0. The van der Waals surface area contributed by atoms with Crippen molar-refractivity contribution in [2.24, 2.45) is 0 Å². The Labute approximate surface area is 131 Å². The fourth-order valence-electron chi connectivity index (χ4n) is 2.52. The minimum Gasteiger partial charge on any atom is -0.422 e. The molecule has 1 aromatic heterocycles. The van der Waals surface area contributed by atoms with Crippen molar-refractivity contribution in [1.29, 1.82) is 0 Å². The predicted octanol–water partition coefficient (Wildman–Crippen LogP) is 4.30.